The molecule has 0 radical (unpaired) electrons. The summed E-state index contributed by atoms with van der Waals surface area (Å²) in [7, 11) is 0. The van der Waals surface area contributed by atoms with E-state index >= 15 is 0 Å². The zero-order valence-corrected chi connectivity index (χ0v) is 9.41. The maximum absolute atomic E-state index is 8.58. The highest BCUT2D eigenvalue weighted by molar-refractivity contribution is 7.09. The van der Waals surface area contributed by atoms with Crippen molar-refractivity contribution in [1.82, 2.24) is 14.8 Å². The third-order valence-electron chi connectivity index (χ3n) is 2.60. The maximum Gasteiger partial charge on any atom is 0.107 e. The molecule has 0 N–H and O–H groups in total. The van der Waals surface area contributed by atoms with Gasteiger partial charge in [-0.1, -0.05) is 0 Å². The first kappa shape index (κ1) is 10.6. The number of piperazine rings is 1. The van der Waals surface area contributed by atoms with Crippen LogP contribution < -0.4 is 0 Å². The lowest BCUT2D eigenvalue weighted by atomic mass is 10.3. The zero-order chi connectivity index (χ0) is 10.5. The van der Waals surface area contributed by atoms with Crippen molar-refractivity contribution in [2.75, 3.05) is 32.7 Å². The van der Waals surface area contributed by atoms with Crippen molar-refractivity contribution in [3.05, 3.63) is 16.6 Å². The third-order valence-corrected chi connectivity index (χ3v) is 3.37. The fourth-order valence-electron chi connectivity index (χ4n) is 1.73. The van der Waals surface area contributed by atoms with Crippen LogP contribution in [0.1, 0.15) is 5.01 Å². The van der Waals surface area contributed by atoms with Gasteiger partial charge in [0.2, 0.25) is 0 Å². The number of thiazole rings is 1. The van der Waals surface area contributed by atoms with Crippen LogP contribution >= 0.6 is 11.3 Å². The fraction of sp³-hybridized carbons (Fsp3) is 0.600. The molecule has 1 aliphatic rings. The summed E-state index contributed by atoms with van der Waals surface area (Å²) in [6.07, 6.45) is 1.85. The molecule has 1 fully saturated rings. The summed E-state index contributed by atoms with van der Waals surface area (Å²) in [6.45, 7) is 5.60. The van der Waals surface area contributed by atoms with Crippen molar-refractivity contribution >= 4 is 11.3 Å². The predicted molar refractivity (Wildman–Crippen MR) is 59.4 cm³/mol. The predicted octanol–water partition coefficient (Wildman–Crippen LogP) is 0.784. The van der Waals surface area contributed by atoms with Crippen molar-refractivity contribution in [3.63, 3.8) is 0 Å². The number of hydrogen-bond acceptors (Lipinski definition) is 5. The van der Waals surface area contributed by atoms with Crippen molar-refractivity contribution < 1.29 is 0 Å². The van der Waals surface area contributed by atoms with Crippen LogP contribution in [0.3, 0.4) is 0 Å². The molecule has 2 heterocycles. The van der Waals surface area contributed by atoms with E-state index in [1.807, 2.05) is 11.6 Å². The Bertz CT molecular complexity index is 322. The van der Waals surface area contributed by atoms with Gasteiger partial charge in [-0.3, -0.25) is 9.80 Å². The molecule has 0 spiro atoms. The topological polar surface area (TPSA) is 43.2 Å². The summed E-state index contributed by atoms with van der Waals surface area (Å²) in [6, 6.07) is 2.19. The fourth-order valence-corrected chi connectivity index (χ4v) is 2.39. The lowest BCUT2D eigenvalue weighted by Gasteiger charge is -2.32. The molecular weight excluding hydrogens is 208 g/mol. The van der Waals surface area contributed by atoms with E-state index in [0.717, 1.165) is 32.7 Å². The summed E-state index contributed by atoms with van der Waals surface area (Å²) >= 11 is 1.71. The molecule has 5 heteroatoms. The van der Waals surface area contributed by atoms with E-state index < -0.39 is 0 Å². The molecule has 0 atom stereocenters. The highest BCUT2D eigenvalue weighted by Crippen LogP contribution is 2.10. The van der Waals surface area contributed by atoms with E-state index in [1.54, 1.807) is 11.3 Å². The van der Waals surface area contributed by atoms with E-state index in [4.69, 9.17) is 5.26 Å². The van der Waals surface area contributed by atoms with Gasteiger partial charge in [0.05, 0.1) is 19.2 Å². The van der Waals surface area contributed by atoms with E-state index in [-0.39, 0.29) is 0 Å². The SMILES string of the molecule is N#CCN1CCN(Cc2nccs2)CC1. The number of nitriles is 1. The minimum Gasteiger partial charge on any atom is -0.294 e. The average Bonchev–Trinajstić information content (AvgIpc) is 2.74. The molecule has 0 saturated carbocycles. The second-order valence-electron chi connectivity index (χ2n) is 3.64. The largest absolute Gasteiger partial charge is 0.294 e. The molecule has 80 valence electrons. The first-order valence-corrected chi connectivity index (χ1v) is 5.96. The highest BCUT2D eigenvalue weighted by Gasteiger charge is 2.16. The smallest absolute Gasteiger partial charge is 0.107 e. The van der Waals surface area contributed by atoms with Crippen molar-refractivity contribution in [1.29, 1.82) is 5.26 Å². The van der Waals surface area contributed by atoms with Crippen LogP contribution in [0.25, 0.3) is 0 Å². The van der Waals surface area contributed by atoms with E-state index in [0.29, 0.717) is 6.54 Å². The zero-order valence-electron chi connectivity index (χ0n) is 8.59. The number of nitrogens with zero attached hydrogens (tertiary/aromatic N) is 4. The normalized spacial score (nSPS) is 18.9. The van der Waals surface area contributed by atoms with Crippen LogP contribution in [0.15, 0.2) is 11.6 Å². The quantitative estimate of drug-likeness (QED) is 0.709. The van der Waals surface area contributed by atoms with Gasteiger partial charge < -0.3 is 0 Å². The summed E-state index contributed by atoms with van der Waals surface area (Å²) in [5.41, 5.74) is 0. The number of aromatic nitrogens is 1. The minimum atomic E-state index is 0.561. The van der Waals surface area contributed by atoms with Crippen LogP contribution in [0.5, 0.6) is 0 Å². The third kappa shape index (κ3) is 2.99. The maximum atomic E-state index is 8.58. The standard InChI is InChI=1S/C10H14N4S/c11-1-3-13-4-6-14(7-5-13)9-10-12-2-8-15-10/h2,8H,3-7,9H2. The molecule has 0 unspecified atom stereocenters. The van der Waals surface area contributed by atoms with Gasteiger partial charge in [-0.05, 0) is 0 Å². The molecule has 0 amide bonds. The molecule has 2 rings (SSSR count). The van der Waals surface area contributed by atoms with Crippen LogP contribution in [0.2, 0.25) is 0 Å². The van der Waals surface area contributed by atoms with Gasteiger partial charge in [-0.25, -0.2) is 4.98 Å². The van der Waals surface area contributed by atoms with Crippen molar-refractivity contribution in [2.24, 2.45) is 0 Å². The Labute approximate surface area is 93.8 Å². The summed E-state index contributed by atoms with van der Waals surface area (Å²) in [5.74, 6) is 0. The van der Waals surface area contributed by atoms with Crippen LogP contribution in [0, 0.1) is 11.3 Å². The van der Waals surface area contributed by atoms with E-state index in [1.165, 1.54) is 5.01 Å². The molecule has 0 bridgehead atoms. The summed E-state index contributed by atoms with van der Waals surface area (Å²) < 4.78 is 0. The molecule has 1 saturated heterocycles. The van der Waals surface area contributed by atoms with Crippen LogP contribution in [-0.2, 0) is 6.54 Å². The van der Waals surface area contributed by atoms with Crippen LogP contribution in [0.4, 0.5) is 0 Å². The first-order chi connectivity index (χ1) is 7.38. The van der Waals surface area contributed by atoms with Gasteiger partial charge in [-0.15, -0.1) is 11.3 Å². The number of rotatable bonds is 3. The Morgan fingerprint density at radius 2 is 2.07 bits per heavy atom. The van der Waals surface area contributed by atoms with E-state index in [9.17, 15) is 0 Å². The Morgan fingerprint density at radius 1 is 1.33 bits per heavy atom. The molecule has 1 aliphatic heterocycles. The Morgan fingerprint density at radius 3 is 2.67 bits per heavy atom. The first-order valence-electron chi connectivity index (χ1n) is 5.08. The van der Waals surface area contributed by atoms with Gasteiger partial charge in [-0.2, -0.15) is 5.26 Å². The molecular formula is C10H14N4S. The van der Waals surface area contributed by atoms with Gasteiger partial charge >= 0.3 is 0 Å². The number of hydrogen-bond donors (Lipinski definition) is 0. The molecule has 0 aliphatic carbocycles. The lowest BCUT2D eigenvalue weighted by Crippen LogP contribution is -2.45. The van der Waals surface area contributed by atoms with Crippen LogP contribution in [-0.4, -0.2) is 47.5 Å². The van der Waals surface area contributed by atoms with Crippen molar-refractivity contribution in [3.8, 4) is 6.07 Å². The molecule has 15 heavy (non-hydrogen) atoms. The lowest BCUT2D eigenvalue weighted by molar-refractivity contribution is 0.138. The van der Waals surface area contributed by atoms with E-state index in [2.05, 4.69) is 20.9 Å². The Hall–Kier alpha value is -0.960. The Kier molecular flexibility index (Phi) is 3.67. The average molecular weight is 222 g/mol. The minimum absolute atomic E-state index is 0.561. The molecule has 1 aromatic heterocycles. The summed E-state index contributed by atoms with van der Waals surface area (Å²) in [4.78, 5) is 8.86. The van der Waals surface area contributed by atoms with Gasteiger partial charge in [0.1, 0.15) is 5.01 Å². The van der Waals surface area contributed by atoms with Crippen molar-refractivity contribution in [2.45, 2.75) is 6.54 Å². The van der Waals surface area contributed by atoms with Gasteiger partial charge in [0.15, 0.2) is 0 Å². The van der Waals surface area contributed by atoms with Gasteiger partial charge in [0.25, 0.3) is 0 Å². The second kappa shape index (κ2) is 5.21. The Balaban J connectivity index is 1.77. The summed E-state index contributed by atoms with van der Waals surface area (Å²) in [5, 5.41) is 11.8. The second-order valence-corrected chi connectivity index (χ2v) is 4.62. The highest BCUT2D eigenvalue weighted by atomic mass is 32.1. The molecule has 0 aromatic carbocycles. The molecule has 1 aromatic rings. The monoisotopic (exact) mass is 222 g/mol. The van der Waals surface area contributed by atoms with Gasteiger partial charge in [0, 0.05) is 37.8 Å². The molecule has 4 nitrogen and oxygen atoms in total.